The third-order valence-electron chi connectivity index (χ3n) is 3.67. The first kappa shape index (κ1) is 18.3. The van der Waals surface area contributed by atoms with Gasteiger partial charge in [-0.3, -0.25) is 9.59 Å². The minimum atomic E-state index is -0.464. The van der Waals surface area contributed by atoms with Crippen LogP contribution in [0.5, 0.6) is 0 Å². The Morgan fingerprint density at radius 2 is 1.63 bits per heavy atom. The normalized spacial score (nSPS) is 10.4. The summed E-state index contributed by atoms with van der Waals surface area (Å²) in [7, 11) is 1.43. The summed E-state index contributed by atoms with van der Waals surface area (Å²) in [6.07, 6.45) is 0. The molecule has 1 aromatic heterocycles. The van der Waals surface area contributed by atoms with Crippen LogP contribution in [0, 0.1) is 5.82 Å². The van der Waals surface area contributed by atoms with Gasteiger partial charge in [0.1, 0.15) is 18.2 Å². The molecule has 2 aromatic carbocycles. The molecule has 1 heterocycles. The Kier molecular flexibility index (Phi) is 5.63. The van der Waals surface area contributed by atoms with Gasteiger partial charge in [-0.25, -0.2) is 4.39 Å². The highest BCUT2D eigenvalue weighted by atomic mass is 19.1. The Labute approximate surface area is 155 Å². The van der Waals surface area contributed by atoms with Crippen LogP contribution in [0.4, 0.5) is 15.8 Å². The minimum Gasteiger partial charge on any atom is -0.451 e. The van der Waals surface area contributed by atoms with Gasteiger partial charge in [0, 0.05) is 18.5 Å². The van der Waals surface area contributed by atoms with Crippen LogP contribution in [0.2, 0.25) is 0 Å². The van der Waals surface area contributed by atoms with Crippen LogP contribution in [-0.2, 0) is 9.53 Å². The molecular formula is C20H17FN2O4. The zero-order valence-electron chi connectivity index (χ0n) is 14.5. The number of carbonyl (C=O) groups excluding carboxylic acids is 2. The number of ether oxygens (including phenoxy) is 1. The summed E-state index contributed by atoms with van der Waals surface area (Å²) in [6.45, 7) is -0.0404. The number of carbonyl (C=O) groups is 2. The molecule has 7 heteroatoms. The number of hydrogen-bond donors (Lipinski definition) is 2. The maximum atomic E-state index is 13.8. The molecule has 138 valence electrons. The molecule has 2 amide bonds. The van der Waals surface area contributed by atoms with E-state index in [9.17, 15) is 14.0 Å². The third kappa shape index (κ3) is 4.59. The van der Waals surface area contributed by atoms with E-state index in [1.54, 1.807) is 48.5 Å². The Morgan fingerprint density at radius 3 is 2.30 bits per heavy atom. The van der Waals surface area contributed by atoms with E-state index >= 15 is 0 Å². The number of benzene rings is 2. The second-order valence-corrected chi connectivity index (χ2v) is 5.66. The molecule has 0 spiro atoms. The van der Waals surface area contributed by atoms with Crippen molar-refractivity contribution in [3.8, 4) is 11.3 Å². The number of furan rings is 1. The molecule has 2 N–H and O–H groups in total. The molecule has 0 saturated carbocycles. The fourth-order valence-electron chi connectivity index (χ4n) is 2.42. The van der Waals surface area contributed by atoms with E-state index in [4.69, 9.17) is 9.15 Å². The molecule has 3 aromatic rings. The van der Waals surface area contributed by atoms with Crippen LogP contribution in [0.1, 0.15) is 10.6 Å². The number of hydrogen-bond acceptors (Lipinski definition) is 4. The van der Waals surface area contributed by atoms with Gasteiger partial charge in [0.15, 0.2) is 5.76 Å². The van der Waals surface area contributed by atoms with Crippen molar-refractivity contribution >= 4 is 23.2 Å². The zero-order chi connectivity index (χ0) is 19.2. The maximum absolute atomic E-state index is 13.8. The van der Waals surface area contributed by atoms with Gasteiger partial charge < -0.3 is 19.8 Å². The van der Waals surface area contributed by atoms with Gasteiger partial charge in [-0.05, 0) is 48.5 Å². The van der Waals surface area contributed by atoms with Gasteiger partial charge in [0.05, 0.1) is 5.56 Å². The van der Waals surface area contributed by atoms with Crippen molar-refractivity contribution in [3.63, 3.8) is 0 Å². The topological polar surface area (TPSA) is 80.6 Å². The van der Waals surface area contributed by atoms with E-state index in [0.29, 0.717) is 11.4 Å². The number of anilines is 2. The lowest BCUT2D eigenvalue weighted by atomic mass is 10.1. The van der Waals surface area contributed by atoms with Crippen molar-refractivity contribution in [1.82, 2.24) is 0 Å². The van der Waals surface area contributed by atoms with Crippen molar-refractivity contribution in [3.05, 3.63) is 72.2 Å². The predicted octanol–water partition coefficient (Wildman–Crippen LogP) is 3.92. The number of halogens is 1. The first-order chi connectivity index (χ1) is 13.1. The molecule has 27 heavy (non-hydrogen) atoms. The first-order valence-corrected chi connectivity index (χ1v) is 8.12. The van der Waals surface area contributed by atoms with Crippen molar-refractivity contribution in [2.75, 3.05) is 24.4 Å². The monoisotopic (exact) mass is 368 g/mol. The average Bonchev–Trinajstić information content (AvgIpc) is 3.14. The lowest BCUT2D eigenvalue weighted by Gasteiger charge is -2.07. The lowest BCUT2D eigenvalue weighted by molar-refractivity contribution is -0.119. The molecule has 0 saturated heterocycles. The maximum Gasteiger partial charge on any atom is 0.291 e. The van der Waals surface area contributed by atoms with Gasteiger partial charge in [-0.15, -0.1) is 0 Å². The number of rotatable bonds is 6. The van der Waals surface area contributed by atoms with E-state index in [1.165, 1.54) is 19.2 Å². The number of amides is 2. The Balaban J connectivity index is 1.66. The SMILES string of the molecule is COCC(=O)Nc1ccc(NC(=O)c2ccc(-c3ccccc3F)o2)cc1. The Morgan fingerprint density at radius 1 is 0.963 bits per heavy atom. The van der Waals surface area contributed by atoms with Crippen LogP contribution in [-0.4, -0.2) is 25.5 Å². The fraction of sp³-hybridized carbons (Fsp3) is 0.100. The van der Waals surface area contributed by atoms with Crippen molar-refractivity contribution < 1.29 is 23.1 Å². The van der Waals surface area contributed by atoms with Crippen LogP contribution in [0.25, 0.3) is 11.3 Å². The number of nitrogens with one attached hydrogen (secondary N) is 2. The first-order valence-electron chi connectivity index (χ1n) is 8.12. The highest BCUT2D eigenvalue weighted by Crippen LogP contribution is 2.25. The number of methoxy groups -OCH3 is 1. The van der Waals surface area contributed by atoms with Crippen LogP contribution in [0.3, 0.4) is 0 Å². The Bertz CT molecular complexity index is 951. The van der Waals surface area contributed by atoms with Crippen LogP contribution < -0.4 is 10.6 Å². The molecule has 0 unspecified atom stereocenters. The lowest BCUT2D eigenvalue weighted by Crippen LogP contribution is -2.17. The molecule has 0 bridgehead atoms. The molecule has 3 rings (SSSR count). The third-order valence-corrected chi connectivity index (χ3v) is 3.67. The van der Waals surface area contributed by atoms with Crippen molar-refractivity contribution in [1.29, 1.82) is 0 Å². The quantitative estimate of drug-likeness (QED) is 0.691. The summed E-state index contributed by atoms with van der Waals surface area (Å²) in [5, 5.41) is 5.33. The molecule has 6 nitrogen and oxygen atoms in total. The molecule has 0 atom stereocenters. The second-order valence-electron chi connectivity index (χ2n) is 5.66. The summed E-state index contributed by atoms with van der Waals surface area (Å²) in [6, 6.07) is 15.8. The van der Waals surface area contributed by atoms with E-state index in [1.807, 2.05) is 0 Å². The summed E-state index contributed by atoms with van der Waals surface area (Å²) in [5.41, 5.74) is 1.39. The standard InChI is InChI=1S/C20H17FN2O4/c1-26-12-19(24)22-13-6-8-14(9-7-13)23-20(25)18-11-10-17(27-18)15-4-2-3-5-16(15)21/h2-11H,12H2,1H3,(H,22,24)(H,23,25). The van der Waals surface area contributed by atoms with E-state index < -0.39 is 11.7 Å². The van der Waals surface area contributed by atoms with E-state index in [-0.39, 0.29) is 29.6 Å². The van der Waals surface area contributed by atoms with Gasteiger partial charge in [-0.1, -0.05) is 12.1 Å². The highest BCUT2D eigenvalue weighted by Gasteiger charge is 2.14. The van der Waals surface area contributed by atoms with Crippen LogP contribution >= 0.6 is 0 Å². The highest BCUT2D eigenvalue weighted by molar-refractivity contribution is 6.02. The molecule has 0 aliphatic rings. The molecule has 0 aliphatic heterocycles. The van der Waals surface area contributed by atoms with E-state index in [2.05, 4.69) is 10.6 Å². The second kappa shape index (κ2) is 8.29. The molecule has 0 aliphatic carbocycles. The molecule has 0 fully saturated rings. The minimum absolute atomic E-state index is 0.0404. The molecular weight excluding hydrogens is 351 g/mol. The smallest absolute Gasteiger partial charge is 0.291 e. The van der Waals surface area contributed by atoms with Gasteiger partial charge in [0.2, 0.25) is 5.91 Å². The van der Waals surface area contributed by atoms with Gasteiger partial charge in [0.25, 0.3) is 5.91 Å². The summed E-state index contributed by atoms with van der Waals surface area (Å²) >= 11 is 0. The largest absolute Gasteiger partial charge is 0.451 e. The van der Waals surface area contributed by atoms with E-state index in [0.717, 1.165) is 0 Å². The van der Waals surface area contributed by atoms with Gasteiger partial charge >= 0.3 is 0 Å². The van der Waals surface area contributed by atoms with Crippen molar-refractivity contribution in [2.24, 2.45) is 0 Å². The average molecular weight is 368 g/mol. The fourth-order valence-corrected chi connectivity index (χ4v) is 2.42. The summed E-state index contributed by atoms with van der Waals surface area (Å²) < 4.78 is 24.0. The summed E-state index contributed by atoms with van der Waals surface area (Å²) in [5.74, 6) is -0.829. The van der Waals surface area contributed by atoms with Crippen LogP contribution in [0.15, 0.2) is 65.1 Å². The Hall–Kier alpha value is -3.45. The van der Waals surface area contributed by atoms with Crippen molar-refractivity contribution in [2.45, 2.75) is 0 Å². The zero-order valence-corrected chi connectivity index (χ0v) is 14.5. The molecule has 0 radical (unpaired) electrons. The van der Waals surface area contributed by atoms with Gasteiger partial charge in [-0.2, -0.15) is 0 Å². The summed E-state index contributed by atoms with van der Waals surface area (Å²) in [4.78, 5) is 23.8. The predicted molar refractivity (Wildman–Crippen MR) is 99.0 cm³/mol.